The van der Waals surface area contributed by atoms with Crippen molar-refractivity contribution in [3.8, 4) is 11.1 Å². The molecule has 0 bridgehead atoms. The maximum Gasteiger partial charge on any atom is 1.00 e. The SMILES string of the molecule is NS(=O)(=O)c1cc(C(=O)[O-])cc(SCc2ccccc2)c1-c1ccccc1.[Na+]. The van der Waals surface area contributed by atoms with E-state index < -0.39 is 16.0 Å². The number of hydrogen-bond acceptors (Lipinski definition) is 5. The molecule has 0 amide bonds. The van der Waals surface area contributed by atoms with Gasteiger partial charge in [-0.1, -0.05) is 60.7 Å². The van der Waals surface area contributed by atoms with Crippen LogP contribution in [0.4, 0.5) is 0 Å². The minimum Gasteiger partial charge on any atom is -0.545 e. The maximum absolute atomic E-state index is 12.2. The predicted octanol–water partition coefficient (Wildman–Crippen LogP) is -0.339. The molecule has 0 fully saturated rings. The Balaban J connectivity index is 0.00000280. The summed E-state index contributed by atoms with van der Waals surface area (Å²) in [6.07, 6.45) is 0. The van der Waals surface area contributed by atoms with Crippen LogP contribution in [0.3, 0.4) is 0 Å². The van der Waals surface area contributed by atoms with Crippen molar-refractivity contribution in [2.75, 3.05) is 0 Å². The molecule has 28 heavy (non-hydrogen) atoms. The molecule has 0 saturated heterocycles. The van der Waals surface area contributed by atoms with Gasteiger partial charge in [0.25, 0.3) is 0 Å². The van der Waals surface area contributed by atoms with E-state index in [4.69, 9.17) is 5.14 Å². The van der Waals surface area contributed by atoms with Crippen molar-refractivity contribution < 1.29 is 47.9 Å². The Morgan fingerprint density at radius 2 is 1.54 bits per heavy atom. The van der Waals surface area contributed by atoms with E-state index in [0.717, 1.165) is 11.6 Å². The van der Waals surface area contributed by atoms with Gasteiger partial charge in [0.15, 0.2) is 0 Å². The molecule has 0 aliphatic carbocycles. The minimum atomic E-state index is -4.15. The third-order valence-corrected chi connectivity index (χ3v) is 5.95. The molecule has 0 aliphatic rings. The smallest absolute Gasteiger partial charge is 0.545 e. The zero-order chi connectivity index (χ0) is 19.4. The summed E-state index contributed by atoms with van der Waals surface area (Å²) < 4.78 is 24.4. The summed E-state index contributed by atoms with van der Waals surface area (Å²) in [5, 5.41) is 16.8. The van der Waals surface area contributed by atoms with E-state index in [1.807, 2.05) is 36.4 Å². The van der Waals surface area contributed by atoms with Crippen molar-refractivity contribution in [3.63, 3.8) is 0 Å². The third kappa shape index (κ3) is 5.47. The maximum atomic E-state index is 12.2. The molecule has 8 heteroatoms. The van der Waals surface area contributed by atoms with Gasteiger partial charge in [0.05, 0.1) is 10.9 Å². The number of carboxylic acid groups (broad SMARTS) is 1. The second kappa shape index (κ2) is 9.73. The molecule has 3 aromatic rings. The third-order valence-electron chi connectivity index (χ3n) is 3.91. The number of hydrogen-bond donors (Lipinski definition) is 1. The number of carbonyl (C=O) groups is 1. The van der Waals surface area contributed by atoms with Gasteiger partial charge in [-0.15, -0.1) is 11.8 Å². The van der Waals surface area contributed by atoms with Crippen molar-refractivity contribution >= 4 is 27.8 Å². The summed E-state index contributed by atoms with van der Waals surface area (Å²) in [6.45, 7) is 0. The average molecular weight is 421 g/mol. The summed E-state index contributed by atoms with van der Waals surface area (Å²) in [7, 11) is -4.15. The number of thioether (sulfide) groups is 1. The zero-order valence-corrected chi connectivity index (χ0v) is 18.8. The van der Waals surface area contributed by atoms with Crippen molar-refractivity contribution in [1.29, 1.82) is 0 Å². The Labute approximate surface area is 190 Å². The number of carbonyl (C=O) groups excluding carboxylic acids is 1. The zero-order valence-electron chi connectivity index (χ0n) is 15.2. The van der Waals surface area contributed by atoms with Crippen molar-refractivity contribution in [1.82, 2.24) is 0 Å². The van der Waals surface area contributed by atoms with Crippen LogP contribution in [0.15, 0.2) is 82.6 Å². The van der Waals surface area contributed by atoms with Crippen LogP contribution in [-0.2, 0) is 15.8 Å². The Morgan fingerprint density at radius 3 is 2.07 bits per heavy atom. The van der Waals surface area contributed by atoms with Crippen LogP contribution in [0.2, 0.25) is 0 Å². The number of sulfonamides is 1. The predicted molar refractivity (Wildman–Crippen MR) is 104 cm³/mol. The molecule has 0 saturated carbocycles. The number of benzene rings is 3. The second-order valence-electron chi connectivity index (χ2n) is 5.82. The first-order valence-electron chi connectivity index (χ1n) is 8.00. The molecule has 0 heterocycles. The van der Waals surface area contributed by atoms with Gasteiger partial charge < -0.3 is 9.90 Å². The summed E-state index contributed by atoms with van der Waals surface area (Å²) in [6, 6.07) is 21.0. The van der Waals surface area contributed by atoms with Crippen molar-refractivity contribution in [2.24, 2.45) is 5.14 Å². The molecule has 0 radical (unpaired) electrons. The Kier molecular flexibility index (Phi) is 7.88. The quantitative estimate of drug-likeness (QED) is 0.434. The van der Waals surface area contributed by atoms with Gasteiger partial charge >= 0.3 is 29.6 Å². The van der Waals surface area contributed by atoms with Crippen LogP contribution in [-0.4, -0.2) is 14.4 Å². The molecular formula is C20H16NNaO4S2. The number of carboxylic acids is 1. The first-order valence-corrected chi connectivity index (χ1v) is 10.5. The monoisotopic (exact) mass is 421 g/mol. The molecule has 5 nitrogen and oxygen atoms in total. The summed E-state index contributed by atoms with van der Waals surface area (Å²) >= 11 is 1.35. The van der Waals surface area contributed by atoms with Gasteiger partial charge in [-0.25, -0.2) is 13.6 Å². The van der Waals surface area contributed by atoms with Crippen molar-refractivity contribution in [2.45, 2.75) is 15.5 Å². The largest absolute Gasteiger partial charge is 1.00 e. The standard InChI is InChI=1S/C20H17NO4S2.Na/c21-27(24,25)18-12-16(20(22)23)11-17(19(18)15-9-5-2-6-10-15)26-13-14-7-3-1-4-8-14;/h1-12H,13H2,(H,22,23)(H2,21,24,25);/q;+1/p-1. The topological polar surface area (TPSA) is 100 Å². The second-order valence-corrected chi connectivity index (χ2v) is 8.37. The van der Waals surface area contributed by atoms with Crippen LogP contribution in [0.1, 0.15) is 15.9 Å². The van der Waals surface area contributed by atoms with E-state index in [2.05, 4.69) is 0 Å². The number of primary sulfonamides is 1. The number of aromatic carboxylic acids is 1. The van der Waals surface area contributed by atoms with Crippen molar-refractivity contribution in [3.05, 3.63) is 83.9 Å². The summed E-state index contributed by atoms with van der Waals surface area (Å²) in [5.41, 5.74) is 1.83. The molecule has 0 aliphatic heterocycles. The molecule has 0 unspecified atom stereocenters. The van der Waals surface area contributed by atoms with Gasteiger partial charge in [0.1, 0.15) is 0 Å². The van der Waals surface area contributed by atoms with Gasteiger partial charge in [0.2, 0.25) is 10.0 Å². The molecule has 0 spiro atoms. The van der Waals surface area contributed by atoms with Crippen LogP contribution >= 0.6 is 11.8 Å². The van der Waals surface area contributed by atoms with Crippen LogP contribution < -0.4 is 39.8 Å². The van der Waals surface area contributed by atoms with E-state index in [9.17, 15) is 18.3 Å². The summed E-state index contributed by atoms with van der Waals surface area (Å²) in [5.74, 6) is -0.914. The molecule has 2 N–H and O–H groups in total. The molecule has 138 valence electrons. The van der Waals surface area contributed by atoms with E-state index in [0.29, 0.717) is 21.8 Å². The number of rotatable bonds is 6. The fourth-order valence-corrected chi connectivity index (χ4v) is 4.64. The van der Waals surface area contributed by atoms with E-state index in [-0.39, 0.29) is 40.0 Å². The molecule has 3 aromatic carbocycles. The van der Waals surface area contributed by atoms with Crippen LogP contribution in [0.25, 0.3) is 11.1 Å². The Hall–Kier alpha value is -1.61. The Bertz CT molecular complexity index is 1070. The van der Waals surface area contributed by atoms with Gasteiger partial charge in [-0.05, 0) is 28.8 Å². The fourth-order valence-electron chi connectivity index (χ4n) is 2.67. The van der Waals surface area contributed by atoms with E-state index in [1.54, 1.807) is 24.3 Å². The fraction of sp³-hybridized carbons (Fsp3) is 0.0500. The van der Waals surface area contributed by atoms with Crippen LogP contribution in [0.5, 0.6) is 0 Å². The van der Waals surface area contributed by atoms with Crippen LogP contribution in [0, 0.1) is 0 Å². The molecule has 0 aromatic heterocycles. The minimum absolute atomic E-state index is 0. The van der Waals surface area contributed by atoms with Gasteiger partial charge in [-0.2, -0.15) is 0 Å². The first-order chi connectivity index (χ1) is 12.9. The Morgan fingerprint density at radius 1 is 0.964 bits per heavy atom. The van der Waals surface area contributed by atoms with E-state index in [1.165, 1.54) is 17.8 Å². The first kappa shape index (κ1) is 22.7. The number of nitrogens with two attached hydrogens (primary N) is 1. The summed E-state index contributed by atoms with van der Waals surface area (Å²) in [4.78, 5) is 11.7. The average Bonchev–Trinajstić information content (AvgIpc) is 2.66. The van der Waals surface area contributed by atoms with E-state index >= 15 is 0 Å². The molecule has 3 rings (SSSR count). The van der Waals surface area contributed by atoms with Gasteiger partial charge in [0, 0.05) is 16.2 Å². The molecular weight excluding hydrogens is 405 g/mol. The van der Waals surface area contributed by atoms with Gasteiger partial charge in [-0.3, -0.25) is 0 Å². The molecule has 0 atom stereocenters. The normalized spacial score (nSPS) is 10.9.